The Kier molecular flexibility index (Phi) is 4.94. The van der Waals surface area contributed by atoms with Crippen LogP contribution in [0.2, 0.25) is 0 Å². The van der Waals surface area contributed by atoms with Gasteiger partial charge in [-0.1, -0.05) is 0 Å². The van der Waals surface area contributed by atoms with Crippen molar-refractivity contribution in [3.05, 3.63) is 0 Å². The molecule has 0 amide bonds. The Morgan fingerprint density at radius 3 is 2.70 bits per heavy atom. The maximum absolute atomic E-state index is 10.6. The summed E-state index contributed by atoms with van der Waals surface area (Å²) in [6.45, 7) is 3.98. The molecule has 0 fully saturated rings. The Bertz CT molecular complexity index is 102. The van der Waals surface area contributed by atoms with Crippen LogP contribution in [0.25, 0.3) is 0 Å². The molecule has 0 aliphatic rings. The van der Waals surface area contributed by atoms with Crippen molar-refractivity contribution in [3.8, 4) is 0 Å². The first kappa shape index (κ1) is 9.43. The van der Waals surface area contributed by atoms with E-state index in [-0.39, 0.29) is 12.0 Å². The largest absolute Gasteiger partial charge is 0.466 e. The standard InChI is InChI=1S/C7H14NO2/c1-3-10-7(9)5-4-6(2)8/h6,8H,3-5H2,1-2H3. The lowest BCUT2D eigenvalue weighted by Gasteiger charge is -2.02. The van der Waals surface area contributed by atoms with E-state index in [4.69, 9.17) is 5.73 Å². The molecule has 3 heteroatoms. The fourth-order valence-electron chi connectivity index (χ4n) is 0.568. The second-order valence-electron chi connectivity index (χ2n) is 2.24. The van der Waals surface area contributed by atoms with Crippen LogP contribution in [0.3, 0.4) is 0 Å². The first-order valence-corrected chi connectivity index (χ1v) is 3.53. The van der Waals surface area contributed by atoms with Crippen molar-refractivity contribution in [1.82, 2.24) is 5.73 Å². The Balaban J connectivity index is 3.22. The van der Waals surface area contributed by atoms with E-state index in [9.17, 15) is 4.79 Å². The lowest BCUT2D eigenvalue weighted by Crippen LogP contribution is -2.09. The zero-order valence-corrected chi connectivity index (χ0v) is 6.52. The van der Waals surface area contributed by atoms with Gasteiger partial charge < -0.3 is 4.74 Å². The lowest BCUT2D eigenvalue weighted by atomic mass is 10.2. The molecular formula is C7H14NO2. The van der Waals surface area contributed by atoms with Gasteiger partial charge in [-0.15, -0.1) is 0 Å². The minimum atomic E-state index is -0.193. The van der Waals surface area contributed by atoms with Crippen LogP contribution >= 0.6 is 0 Å². The van der Waals surface area contributed by atoms with Gasteiger partial charge in [-0.3, -0.25) is 10.5 Å². The second-order valence-corrected chi connectivity index (χ2v) is 2.24. The van der Waals surface area contributed by atoms with E-state index in [1.54, 1.807) is 13.8 Å². The van der Waals surface area contributed by atoms with Crippen LogP contribution < -0.4 is 5.73 Å². The maximum Gasteiger partial charge on any atom is 0.305 e. The van der Waals surface area contributed by atoms with Crippen molar-refractivity contribution in [2.45, 2.75) is 32.7 Å². The third-order valence-corrected chi connectivity index (χ3v) is 1.09. The van der Waals surface area contributed by atoms with E-state index in [1.807, 2.05) is 0 Å². The summed E-state index contributed by atoms with van der Waals surface area (Å²) in [6, 6.07) is -0.163. The molecule has 0 spiro atoms. The number of carbonyl (C=O) groups is 1. The third-order valence-electron chi connectivity index (χ3n) is 1.09. The van der Waals surface area contributed by atoms with Gasteiger partial charge >= 0.3 is 5.97 Å². The molecule has 1 radical (unpaired) electrons. The Hall–Kier alpha value is -0.570. The highest BCUT2D eigenvalue weighted by Gasteiger charge is 2.02. The summed E-state index contributed by atoms with van der Waals surface area (Å²) < 4.78 is 4.67. The van der Waals surface area contributed by atoms with Crippen molar-refractivity contribution in [2.75, 3.05) is 6.61 Å². The number of hydrogen-bond donors (Lipinski definition) is 0. The lowest BCUT2D eigenvalue weighted by molar-refractivity contribution is -0.143. The zero-order valence-electron chi connectivity index (χ0n) is 6.52. The fourth-order valence-corrected chi connectivity index (χ4v) is 0.568. The summed E-state index contributed by atoms with van der Waals surface area (Å²) in [4.78, 5) is 10.6. The molecule has 0 aliphatic heterocycles. The minimum absolute atomic E-state index is 0.163. The SMILES string of the molecule is CCOC(=O)CCC(C)[NH]. The minimum Gasteiger partial charge on any atom is -0.466 e. The zero-order chi connectivity index (χ0) is 7.98. The van der Waals surface area contributed by atoms with Gasteiger partial charge in [0.1, 0.15) is 0 Å². The van der Waals surface area contributed by atoms with Gasteiger partial charge in [0.15, 0.2) is 0 Å². The number of carbonyl (C=O) groups excluding carboxylic acids is 1. The molecule has 0 saturated heterocycles. The quantitative estimate of drug-likeness (QED) is 0.553. The normalized spacial score (nSPS) is 12.7. The van der Waals surface area contributed by atoms with Crippen LogP contribution in [-0.2, 0) is 9.53 Å². The maximum atomic E-state index is 10.6. The summed E-state index contributed by atoms with van der Waals surface area (Å²) >= 11 is 0. The smallest absolute Gasteiger partial charge is 0.305 e. The molecule has 0 bridgehead atoms. The molecule has 0 heterocycles. The van der Waals surface area contributed by atoms with Crippen LogP contribution in [0.15, 0.2) is 0 Å². The van der Waals surface area contributed by atoms with E-state index < -0.39 is 0 Å². The highest BCUT2D eigenvalue weighted by atomic mass is 16.5. The first-order chi connectivity index (χ1) is 4.66. The molecule has 0 aliphatic carbocycles. The van der Waals surface area contributed by atoms with Gasteiger partial charge in [0.05, 0.1) is 6.61 Å². The monoisotopic (exact) mass is 144 g/mol. The average molecular weight is 144 g/mol. The molecule has 59 valence electrons. The van der Waals surface area contributed by atoms with Gasteiger partial charge in [-0.05, 0) is 20.3 Å². The van der Waals surface area contributed by atoms with E-state index in [1.165, 1.54) is 0 Å². The van der Waals surface area contributed by atoms with E-state index >= 15 is 0 Å². The molecule has 1 atom stereocenters. The van der Waals surface area contributed by atoms with Crippen LogP contribution in [0.1, 0.15) is 26.7 Å². The summed E-state index contributed by atoms with van der Waals surface area (Å²) in [5.41, 5.74) is 7.10. The molecule has 0 aromatic heterocycles. The molecule has 0 aromatic rings. The van der Waals surface area contributed by atoms with Gasteiger partial charge in [0.25, 0.3) is 0 Å². The van der Waals surface area contributed by atoms with Crippen LogP contribution in [-0.4, -0.2) is 18.6 Å². The van der Waals surface area contributed by atoms with E-state index in [2.05, 4.69) is 4.74 Å². The summed E-state index contributed by atoms with van der Waals surface area (Å²) in [5.74, 6) is -0.193. The molecule has 0 saturated carbocycles. The van der Waals surface area contributed by atoms with Gasteiger partial charge in [0, 0.05) is 12.5 Å². The highest BCUT2D eigenvalue weighted by molar-refractivity contribution is 5.69. The predicted octanol–water partition coefficient (Wildman–Crippen LogP) is 1.00. The van der Waals surface area contributed by atoms with Crippen molar-refractivity contribution < 1.29 is 9.53 Å². The van der Waals surface area contributed by atoms with Gasteiger partial charge in [0.2, 0.25) is 0 Å². The summed E-state index contributed by atoms with van der Waals surface area (Å²) in [5, 5.41) is 0. The second kappa shape index (κ2) is 5.23. The number of rotatable bonds is 4. The molecule has 10 heavy (non-hydrogen) atoms. The van der Waals surface area contributed by atoms with Crippen molar-refractivity contribution in [2.24, 2.45) is 0 Å². The molecule has 3 nitrogen and oxygen atoms in total. The first-order valence-electron chi connectivity index (χ1n) is 3.53. The molecule has 1 N–H and O–H groups in total. The van der Waals surface area contributed by atoms with Crippen molar-refractivity contribution >= 4 is 5.97 Å². The molecule has 0 rings (SSSR count). The van der Waals surface area contributed by atoms with Crippen molar-refractivity contribution in [3.63, 3.8) is 0 Å². The predicted molar refractivity (Wildman–Crippen MR) is 38.4 cm³/mol. The molecular weight excluding hydrogens is 130 g/mol. The van der Waals surface area contributed by atoms with Gasteiger partial charge in [-0.25, -0.2) is 0 Å². The number of ether oxygens (including phenoxy) is 1. The number of hydrogen-bond acceptors (Lipinski definition) is 2. The van der Waals surface area contributed by atoms with E-state index in [0.717, 1.165) is 0 Å². The topological polar surface area (TPSA) is 50.1 Å². The number of nitrogens with one attached hydrogen (secondary N) is 1. The Morgan fingerprint density at radius 2 is 2.30 bits per heavy atom. The summed E-state index contributed by atoms with van der Waals surface area (Å²) in [7, 11) is 0. The van der Waals surface area contributed by atoms with Gasteiger partial charge in [-0.2, -0.15) is 0 Å². The van der Waals surface area contributed by atoms with Crippen LogP contribution in [0, 0.1) is 0 Å². The van der Waals surface area contributed by atoms with E-state index in [0.29, 0.717) is 19.4 Å². The third kappa shape index (κ3) is 5.56. The van der Waals surface area contributed by atoms with Crippen LogP contribution in [0.5, 0.6) is 0 Å². The highest BCUT2D eigenvalue weighted by Crippen LogP contribution is 1.96. The summed E-state index contributed by atoms with van der Waals surface area (Å²) in [6.07, 6.45) is 0.970. The van der Waals surface area contributed by atoms with Crippen molar-refractivity contribution in [1.29, 1.82) is 0 Å². The molecule has 1 unspecified atom stereocenters. The Labute approximate surface area is 61.5 Å². The average Bonchev–Trinajstić information content (AvgIpc) is 1.85. The molecule has 0 aromatic carbocycles. The Morgan fingerprint density at radius 1 is 1.70 bits per heavy atom. The number of esters is 1. The fraction of sp³-hybridized carbons (Fsp3) is 0.857. The van der Waals surface area contributed by atoms with Crippen LogP contribution in [0.4, 0.5) is 0 Å².